The van der Waals surface area contributed by atoms with Crippen LogP contribution in [0.1, 0.15) is 36.8 Å². The molecule has 1 amide bonds. The summed E-state index contributed by atoms with van der Waals surface area (Å²) in [5.74, 6) is -0.0916. The molecule has 1 saturated heterocycles. The highest BCUT2D eigenvalue weighted by molar-refractivity contribution is 9.10. The SMILES string of the molecule is CN1CCN(C(=O)c2c(C(C)(C)C)n(C(=O)O)c3ccc(Br)cc23)CC1. The maximum Gasteiger partial charge on any atom is 0.416 e. The molecule has 1 fully saturated rings. The summed E-state index contributed by atoms with van der Waals surface area (Å²) in [7, 11) is 2.04. The molecule has 0 radical (unpaired) electrons. The topological polar surface area (TPSA) is 65.8 Å². The maximum atomic E-state index is 13.4. The van der Waals surface area contributed by atoms with Crippen LogP contribution in [0.3, 0.4) is 0 Å². The summed E-state index contributed by atoms with van der Waals surface area (Å²) in [5.41, 5.74) is 1.09. The van der Waals surface area contributed by atoms with Gasteiger partial charge in [0, 0.05) is 47.1 Å². The van der Waals surface area contributed by atoms with Crippen molar-refractivity contribution < 1.29 is 14.7 Å². The first-order valence-corrected chi connectivity index (χ1v) is 9.46. The van der Waals surface area contributed by atoms with Gasteiger partial charge < -0.3 is 14.9 Å². The summed E-state index contributed by atoms with van der Waals surface area (Å²) in [6.45, 7) is 8.75. The number of hydrogen-bond donors (Lipinski definition) is 1. The van der Waals surface area contributed by atoms with E-state index in [1.165, 1.54) is 4.57 Å². The zero-order valence-electron chi connectivity index (χ0n) is 15.5. The minimum atomic E-state index is -1.07. The van der Waals surface area contributed by atoms with Gasteiger partial charge in [0.05, 0.1) is 11.1 Å². The van der Waals surface area contributed by atoms with Crippen LogP contribution < -0.4 is 0 Å². The van der Waals surface area contributed by atoms with E-state index in [9.17, 15) is 14.7 Å². The molecule has 0 bridgehead atoms. The lowest BCUT2D eigenvalue weighted by Gasteiger charge is -2.33. The van der Waals surface area contributed by atoms with Gasteiger partial charge in [-0.05, 0) is 25.2 Å². The Hall–Kier alpha value is -1.86. The molecule has 2 heterocycles. The Morgan fingerprint density at radius 2 is 1.73 bits per heavy atom. The van der Waals surface area contributed by atoms with Crippen LogP contribution in [0, 0.1) is 0 Å². The monoisotopic (exact) mass is 421 g/mol. The maximum absolute atomic E-state index is 13.4. The van der Waals surface area contributed by atoms with Crippen molar-refractivity contribution in [2.45, 2.75) is 26.2 Å². The highest BCUT2D eigenvalue weighted by Gasteiger charge is 2.34. The van der Waals surface area contributed by atoms with Gasteiger partial charge in [-0.2, -0.15) is 0 Å². The van der Waals surface area contributed by atoms with Crippen LogP contribution in [-0.4, -0.2) is 64.7 Å². The number of nitrogens with zero attached hydrogens (tertiary/aromatic N) is 3. The van der Waals surface area contributed by atoms with Crippen molar-refractivity contribution in [2.24, 2.45) is 0 Å². The van der Waals surface area contributed by atoms with Crippen molar-refractivity contribution in [1.82, 2.24) is 14.4 Å². The molecule has 7 heteroatoms. The molecule has 0 aliphatic carbocycles. The molecule has 1 aromatic heterocycles. The van der Waals surface area contributed by atoms with Crippen molar-refractivity contribution in [3.05, 3.63) is 33.9 Å². The Balaban J connectivity index is 2.27. The van der Waals surface area contributed by atoms with Gasteiger partial charge in [-0.3, -0.25) is 4.79 Å². The van der Waals surface area contributed by atoms with E-state index in [1.807, 2.05) is 38.8 Å². The third-order valence-corrected chi connectivity index (χ3v) is 5.33. The second kappa shape index (κ2) is 6.70. The minimum absolute atomic E-state index is 0.0916. The summed E-state index contributed by atoms with van der Waals surface area (Å²) in [6, 6.07) is 5.40. The zero-order valence-corrected chi connectivity index (χ0v) is 17.1. The summed E-state index contributed by atoms with van der Waals surface area (Å²) >= 11 is 3.45. The summed E-state index contributed by atoms with van der Waals surface area (Å²) < 4.78 is 2.09. The minimum Gasteiger partial charge on any atom is -0.464 e. The number of aromatic nitrogens is 1. The average molecular weight is 422 g/mol. The number of fused-ring (bicyclic) bond motifs is 1. The molecule has 0 unspecified atom stereocenters. The first kappa shape index (κ1) is 18.9. The largest absolute Gasteiger partial charge is 0.464 e. The Morgan fingerprint density at radius 3 is 2.27 bits per heavy atom. The molecule has 0 spiro atoms. The third-order valence-electron chi connectivity index (χ3n) is 4.84. The van der Waals surface area contributed by atoms with Crippen molar-refractivity contribution >= 4 is 38.8 Å². The van der Waals surface area contributed by atoms with Crippen molar-refractivity contribution in [2.75, 3.05) is 33.2 Å². The highest BCUT2D eigenvalue weighted by atomic mass is 79.9. The molecular formula is C19H24BrN3O3. The van der Waals surface area contributed by atoms with E-state index in [-0.39, 0.29) is 5.91 Å². The van der Waals surface area contributed by atoms with Crippen LogP contribution in [0.25, 0.3) is 10.9 Å². The number of halogens is 1. The van der Waals surface area contributed by atoms with E-state index in [4.69, 9.17) is 0 Å². The first-order valence-electron chi connectivity index (χ1n) is 8.67. The quantitative estimate of drug-likeness (QED) is 0.763. The van der Waals surface area contributed by atoms with Gasteiger partial charge in [0.25, 0.3) is 5.91 Å². The summed E-state index contributed by atoms with van der Waals surface area (Å²) in [6.07, 6.45) is -1.07. The lowest BCUT2D eigenvalue weighted by atomic mass is 9.88. The average Bonchev–Trinajstić information content (AvgIpc) is 2.89. The molecule has 1 aliphatic rings. The van der Waals surface area contributed by atoms with Gasteiger partial charge in [0.1, 0.15) is 0 Å². The fraction of sp³-hybridized carbons (Fsp3) is 0.474. The second-order valence-corrected chi connectivity index (χ2v) is 8.76. The predicted octanol–water partition coefficient (Wildman–Crippen LogP) is 3.62. The molecule has 2 aromatic rings. The number of amides is 1. The second-order valence-electron chi connectivity index (χ2n) is 7.85. The number of carbonyl (C=O) groups is 2. The molecule has 26 heavy (non-hydrogen) atoms. The molecule has 1 aromatic carbocycles. The zero-order chi connectivity index (χ0) is 19.2. The molecule has 3 rings (SSSR count). The van der Waals surface area contributed by atoms with Crippen LogP contribution in [-0.2, 0) is 5.41 Å². The van der Waals surface area contributed by atoms with E-state index < -0.39 is 11.5 Å². The lowest BCUT2D eigenvalue weighted by molar-refractivity contribution is 0.0663. The number of rotatable bonds is 1. The Bertz CT molecular complexity index is 874. The molecular weight excluding hydrogens is 398 g/mol. The number of carboxylic acid groups (broad SMARTS) is 1. The van der Waals surface area contributed by atoms with E-state index >= 15 is 0 Å². The standard InChI is InChI=1S/C19H24BrN3O3/c1-19(2,3)16-15(17(24)22-9-7-21(4)8-10-22)13-11-12(20)5-6-14(13)23(16)18(25)26/h5-6,11H,7-10H2,1-4H3,(H,25,26). The number of hydrogen-bond acceptors (Lipinski definition) is 3. The molecule has 0 saturated carbocycles. The van der Waals surface area contributed by atoms with E-state index in [0.717, 1.165) is 17.6 Å². The molecule has 1 N–H and O–H groups in total. The number of likely N-dealkylation sites (N-methyl/N-ethyl adjacent to an activating group) is 1. The Morgan fingerprint density at radius 1 is 1.12 bits per heavy atom. The molecule has 140 valence electrons. The summed E-state index contributed by atoms with van der Waals surface area (Å²) in [5, 5.41) is 10.5. The first-order chi connectivity index (χ1) is 12.1. The Labute approximate surface area is 161 Å². The van der Waals surface area contributed by atoms with Crippen molar-refractivity contribution in [3.63, 3.8) is 0 Å². The van der Waals surface area contributed by atoms with Crippen LogP contribution >= 0.6 is 15.9 Å². The number of benzene rings is 1. The normalized spacial score (nSPS) is 16.3. The smallest absolute Gasteiger partial charge is 0.416 e. The lowest BCUT2D eigenvalue weighted by Crippen LogP contribution is -2.47. The van der Waals surface area contributed by atoms with Gasteiger partial charge >= 0.3 is 6.09 Å². The summed E-state index contributed by atoms with van der Waals surface area (Å²) in [4.78, 5) is 29.5. The molecule has 1 aliphatic heterocycles. The van der Waals surface area contributed by atoms with Crippen molar-refractivity contribution in [3.8, 4) is 0 Å². The van der Waals surface area contributed by atoms with Gasteiger partial charge in [-0.15, -0.1) is 0 Å². The third kappa shape index (κ3) is 3.25. The van der Waals surface area contributed by atoms with Crippen LogP contribution in [0.5, 0.6) is 0 Å². The van der Waals surface area contributed by atoms with Gasteiger partial charge in [-0.1, -0.05) is 36.7 Å². The van der Waals surface area contributed by atoms with E-state index in [0.29, 0.717) is 35.2 Å². The number of carbonyl (C=O) groups excluding carboxylic acids is 1. The van der Waals surface area contributed by atoms with Crippen LogP contribution in [0.4, 0.5) is 4.79 Å². The Kier molecular flexibility index (Phi) is 4.88. The molecule has 0 atom stereocenters. The van der Waals surface area contributed by atoms with Crippen LogP contribution in [0.15, 0.2) is 22.7 Å². The van der Waals surface area contributed by atoms with Crippen molar-refractivity contribution in [1.29, 1.82) is 0 Å². The fourth-order valence-electron chi connectivity index (χ4n) is 3.56. The number of piperazine rings is 1. The van der Waals surface area contributed by atoms with E-state index in [1.54, 1.807) is 12.1 Å². The highest BCUT2D eigenvalue weighted by Crippen LogP contribution is 2.36. The fourth-order valence-corrected chi connectivity index (χ4v) is 3.92. The van der Waals surface area contributed by atoms with Gasteiger partial charge in [0.2, 0.25) is 0 Å². The van der Waals surface area contributed by atoms with Gasteiger partial charge in [0.15, 0.2) is 0 Å². The predicted molar refractivity (Wildman–Crippen MR) is 105 cm³/mol. The molecule has 6 nitrogen and oxygen atoms in total. The van der Waals surface area contributed by atoms with E-state index in [2.05, 4.69) is 20.8 Å². The van der Waals surface area contributed by atoms with Crippen LogP contribution in [0.2, 0.25) is 0 Å². The van der Waals surface area contributed by atoms with Gasteiger partial charge in [-0.25, -0.2) is 9.36 Å².